The Balaban J connectivity index is 2.49. The van der Waals surface area contributed by atoms with Gasteiger partial charge in [0, 0.05) is 0 Å². The lowest BCUT2D eigenvalue weighted by Gasteiger charge is -2.39. The highest BCUT2D eigenvalue weighted by atomic mass is 31.2. The highest BCUT2D eigenvalue weighted by Gasteiger charge is 2.68. The predicted octanol–water partition coefficient (Wildman–Crippen LogP) is 1.64. The van der Waals surface area contributed by atoms with E-state index < -0.39 is 26.0 Å². The maximum absolute atomic E-state index is 11.7. The molecule has 0 aliphatic heterocycles. The van der Waals surface area contributed by atoms with Gasteiger partial charge >= 0.3 is 15.2 Å². The number of hydrogen-bond donors (Lipinski definition) is 4. The van der Waals surface area contributed by atoms with E-state index in [-0.39, 0.29) is 12.3 Å². The molecular weight excluding hydrogens is 266 g/mol. The van der Waals surface area contributed by atoms with Gasteiger partial charge in [-0.05, 0) is 31.1 Å². The molecule has 2 aliphatic carbocycles. The van der Waals surface area contributed by atoms with Crippen molar-refractivity contribution in [2.45, 2.75) is 43.4 Å². The average molecular weight is 284 g/mol. The Morgan fingerprint density at radius 1 is 0.882 bits per heavy atom. The van der Waals surface area contributed by atoms with Gasteiger partial charge in [0.15, 0.2) is 4.90 Å². The number of rotatable bonds is 2. The van der Waals surface area contributed by atoms with Gasteiger partial charge in [-0.2, -0.15) is 0 Å². The van der Waals surface area contributed by atoms with E-state index in [1.807, 2.05) is 0 Å². The normalized spacial score (nSPS) is 33.4. The Kier molecular flexibility index (Phi) is 3.36. The van der Waals surface area contributed by atoms with E-state index in [9.17, 15) is 28.7 Å². The molecule has 0 spiro atoms. The molecule has 2 fully saturated rings. The van der Waals surface area contributed by atoms with Gasteiger partial charge in [-0.3, -0.25) is 9.13 Å². The fraction of sp³-hybridized carbons (Fsp3) is 1.00. The van der Waals surface area contributed by atoms with Crippen LogP contribution in [-0.2, 0) is 9.13 Å². The second kappa shape index (κ2) is 4.16. The molecule has 4 N–H and O–H groups in total. The Morgan fingerprint density at radius 2 is 1.41 bits per heavy atom. The molecule has 0 heterocycles. The van der Waals surface area contributed by atoms with Crippen LogP contribution < -0.4 is 0 Å². The molecule has 0 saturated heterocycles. The van der Waals surface area contributed by atoms with Gasteiger partial charge < -0.3 is 19.6 Å². The fourth-order valence-corrected chi connectivity index (χ4v) is 7.38. The van der Waals surface area contributed by atoms with Crippen LogP contribution in [0.15, 0.2) is 0 Å². The van der Waals surface area contributed by atoms with Crippen molar-refractivity contribution in [3.05, 3.63) is 0 Å². The Labute approximate surface area is 99.7 Å². The first-order chi connectivity index (χ1) is 7.70. The van der Waals surface area contributed by atoms with Gasteiger partial charge in [0.1, 0.15) is 0 Å². The van der Waals surface area contributed by atoms with Crippen molar-refractivity contribution in [1.82, 2.24) is 0 Å². The molecule has 2 rings (SSSR count). The first kappa shape index (κ1) is 13.7. The molecule has 6 nitrogen and oxygen atoms in total. The average Bonchev–Trinajstić information content (AvgIpc) is 2.55. The Bertz CT molecular complexity index is 374. The Morgan fingerprint density at radius 3 is 1.94 bits per heavy atom. The van der Waals surface area contributed by atoms with Crippen molar-refractivity contribution in [1.29, 1.82) is 0 Å². The van der Waals surface area contributed by atoms with Crippen LogP contribution >= 0.6 is 15.2 Å². The third-order valence-electron chi connectivity index (χ3n) is 4.39. The topological polar surface area (TPSA) is 115 Å². The van der Waals surface area contributed by atoms with Crippen LogP contribution in [0.2, 0.25) is 0 Å². The largest absolute Gasteiger partial charge is 0.344 e. The van der Waals surface area contributed by atoms with Crippen molar-refractivity contribution in [3.8, 4) is 0 Å². The third-order valence-corrected chi connectivity index (χ3v) is 9.09. The van der Waals surface area contributed by atoms with Crippen molar-refractivity contribution in [2.24, 2.45) is 11.8 Å². The summed E-state index contributed by atoms with van der Waals surface area (Å²) in [5, 5.41) is 0. The van der Waals surface area contributed by atoms with Crippen molar-refractivity contribution >= 4 is 15.2 Å². The fourth-order valence-electron chi connectivity index (χ4n) is 3.64. The molecule has 0 bridgehead atoms. The molecule has 100 valence electrons. The zero-order valence-corrected chi connectivity index (χ0v) is 11.2. The minimum atomic E-state index is -4.82. The quantitative estimate of drug-likeness (QED) is 0.573. The highest BCUT2D eigenvalue weighted by Crippen LogP contribution is 2.78. The molecule has 8 heteroatoms. The molecule has 2 saturated carbocycles. The van der Waals surface area contributed by atoms with Crippen LogP contribution in [0.25, 0.3) is 0 Å². The van der Waals surface area contributed by atoms with E-state index in [4.69, 9.17) is 0 Å². The van der Waals surface area contributed by atoms with E-state index in [0.29, 0.717) is 12.8 Å². The molecule has 17 heavy (non-hydrogen) atoms. The summed E-state index contributed by atoms with van der Waals surface area (Å²) in [5.41, 5.74) is 0. The third kappa shape index (κ3) is 1.95. The molecular formula is C9H18O6P2. The SMILES string of the molecule is O=P(O)(O)C1(P(=O)(O)O)CCC2CCCCC21. The summed E-state index contributed by atoms with van der Waals surface area (Å²) in [6.45, 7) is 0. The molecule has 2 unspecified atom stereocenters. The summed E-state index contributed by atoms with van der Waals surface area (Å²) in [4.78, 5) is 35.7. The lowest BCUT2D eigenvalue weighted by Crippen LogP contribution is -2.36. The van der Waals surface area contributed by atoms with Gasteiger partial charge in [0.2, 0.25) is 0 Å². The van der Waals surface area contributed by atoms with Crippen LogP contribution in [0.3, 0.4) is 0 Å². The maximum Gasteiger partial charge on any atom is 0.344 e. The van der Waals surface area contributed by atoms with E-state index in [1.165, 1.54) is 0 Å². The molecule has 2 atom stereocenters. The van der Waals surface area contributed by atoms with E-state index >= 15 is 0 Å². The number of hydrogen-bond acceptors (Lipinski definition) is 2. The molecule has 0 amide bonds. The minimum Gasteiger partial charge on any atom is -0.324 e. The second-order valence-electron chi connectivity index (χ2n) is 5.16. The molecule has 2 aliphatic rings. The van der Waals surface area contributed by atoms with Gasteiger partial charge in [-0.25, -0.2) is 0 Å². The molecule has 0 aromatic heterocycles. The summed E-state index contributed by atoms with van der Waals surface area (Å²) >= 11 is 0. The van der Waals surface area contributed by atoms with Crippen LogP contribution in [0.4, 0.5) is 0 Å². The van der Waals surface area contributed by atoms with Gasteiger partial charge in [-0.1, -0.05) is 19.3 Å². The van der Waals surface area contributed by atoms with E-state index in [1.54, 1.807) is 0 Å². The predicted molar refractivity (Wildman–Crippen MR) is 61.5 cm³/mol. The van der Waals surface area contributed by atoms with Gasteiger partial charge in [-0.15, -0.1) is 0 Å². The van der Waals surface area contributed by atoms with Crippen LogP contribution in [0, 0.1) is 11.8 Å². The Hall–Kier alpha value is 0.300. The maximum atomic E-state index is 11.7. The van der Waals surface area contributed by atoms with Gasteiger partial charge in [0.05, 0.1) is 0 Å². The lowest BCUT2D eigenvalue weighted by molar-refractivity contribution is 0.222. The summed E-state index contributed by atoms with van der Waals surface area (Å²) in [6, 6.07) is 0. The van der Waals surface area contributed by atoms with Crippen molar-refractivity contribution < 1.29 is 28.7 Å². The van der Waals surface area contributed by atoms with Crippen LogP contribution in [-0.4, -0.2) is 24.5 Å². The smallest absolute Gasteiger partial charge is 0.324 e. The zero-order chi connectivity index (χ0) is 12.9. The monoisotopic (exact) mass is 284 g/mol. The summed E-state index contributed by atoms with van der Waals surface area (Å²) in [6.07, 6.45) is 3.58. The summed E-state index contributed by atoms with van der Waals surface area (Å²) < 4.78 is 23.3. The van der Waals surface area contributed by atoms with Crippen molar-refractivity contribution in [2.75, 3.05) is 0 Å². The summed E-state index contributed by atoms with van der Waals surface area (Å²) in [7, 11) is -9.64. The standard InChI is InChI=1S/C9H18O6P2/c10-16(11,12)9(17(13,14)15)6-5-7-3-1-2-4-8(7)9/h7-8H,1-6H2,(H2,10,11,12)(H2,13,14,15). The first-order valence-corrected chi connectivity index (χ1v) is 9.04. The summed E-state index contributed by atoms with van der Waals surface area (Å²) in [5.74, 6) is -0.470. The second-order valence-corrected chi connectivity index (χ2v) is 9.28. The molecule has 0 aromatic carbocycles. The molecule has 0 aromatic rings. The number of fused-ring (bicyclic) bond motifs is 1. The van der Waals surface area contributed by atoms with Crippen LogP contribution in [0.5, 0.6) is 0 Å². The van der Waals surface area contributed by atoms with E-state index in [2.05, 4.69) is 0 Å². The van der Waals surface area contributed by atoms with Crippen molar-refractivity contribution in [3.63, 3.8) is 0 Å². The highest BCUT2D eigenvalue weighted by molar-refractivity contribution is 7.72. The van der Waals surface area contributed by atoms with Gasteiger partial charge in [0.25, 0.3) is 0 Å². The van der Waals surface area contributed by atoms with E-state index in [0.717, 1.165) is 19.3 Å². The zero-order valence-electron chi connectivity index (χ0n) is 9.40. The minimum absolute atomic E-state index is 0.0586. The van der Waals surface area contributed by atoms with Crippen LogP contribution in [0.1, 0.15) is 38.5 Å². The lowest BCUT2D eigenvalue weighted by atomic mass is 9.81. The molecule has 0 radical (unpaired) electrons. The first-order valence-electron chi connectivity index (χ1n) is 5.81.